The summed E-state index contributed by atoms with van der Waals surface area (Å²) in [5, 5.41) is 2.80. The van der Waals surface area contributed by atoms with Crippen molar-refractivity contribution in [2.24, 2.45) is 0 Å². The number of nitrogens with one attached hydrogen (secondary N) is 1. The molecule has 0 saturated carbocycles. The minimum absolute atomic E-state index is 0.198. The summed E-state index contributed by atoms with van der Waals surface area (Å²) in [5.41, 5.74) is 0.792. The molecular formula is C7H13NO. The average molecular weight is 127 g/mol. The molecular weight excluding hydrogens is 114 g/mol. The monoisotopic (exact) mass is 127 g/mol. The van der Waals surface area contributed by atoms with Gasteiger partial charge in [-0.2, -0.15) is 0 Å². The SMILES string of the molecule is CCC(=O)/C(C)=C/NC. The van der Waals surface area contributed by atoms with E-state index in [1.54, 1.807) is 13.2 Å². The summed E-state index contributed by atoms with van der Waals surface area (Å²) in [6.07, 6.45) is 2.30. The number of Topliss-reactive ketones (excluding diaryl/α,β-unsaturated/α-hetero) is 1. The van der Waals surface area contributed by atoms with Gasteiger partial charge in [-0.1, -0.05) is 6.92 Å². The fraction of sp³-hybridized carbons (Fsp3) is 0.571. The molecule has 0 heterocycles. The summed E-state index contributed by atoms with van der Waals surface area (Å²) >= 11 is 0. The zero-order valence-corrected chi connectivity index (χ0v) is 6.19. The summed E-state index contributed by atoms with van der Waals surface area (Å²) < 4.78 is 0. The van der Waals surface area contributed by atoms with Gasteiger partial charge in [-0.15, -0.1) is 0 Å². The van der Waals surface area contributed by atoms with Crippen molar-refractivity contribution in [2.45, 2.75) is 20.3 Å². The van der Waals surface area contributed by atoms with Crippen LogP contribution < -0.4 is 5.32 Å². The van der Waals surface area contributed by atoms with Gasteiger partial charge in [0.1, 0.15) is 0 Å². The van der Waals surface area contributed by atoms with E-state index in [0.717, 1.165) is 5.57 Å². The third-order valence-electron chi connectivity index (χ3n) is 1.12. The maximum absolute atomic E-state index is 10.8. The molecule has 0 aromatic rings. The molecule has 0 aromatic carbocycles. The van der Waals surface area contributed by atoms with Crippen LogP contribution in [0, 0.1) is 0 Å². The zero-order valence-electron chi connectivity index (χ0n) is 6.19. The standard InChI is InChI=1S/C7H13NO/c1-4-7(9)6(2)5-8-3/h5,8H,4H2,1-3H3/b6-5+. The quantitative estimate of drug-likeness (QED) is 0.575. The van der Waals surface area contributed by atoms with Crippen LogP contribution in [0.15, 0.2) is 11.8 Å². The van der Waals surface area contributed by atoms with Crippen LogP contribution in [0.2, 0.25) is 0 Å². The van der Waals surface area contributed by atoms with Crippen LogP contribution in [0.4, 0.5) is 0 Å². The normalized spacial score (nSPS) is 11.2. The van der Waals surface area contributed by atoms with E-state index in [0.29, 0.717) is 6.42 Å². The third-order valence-corrected chi connectivity index (χ3v) is 1.12. The minimum atomic E-state index is 0.198. The molecule has 0 aliphatic heterocycles. The molecule has 0 bridgehead atoms. The lowest BCUT2D eigenvalue weighted by Gasteiger charge is -1.94. The Kier molecular flexibility index (Phi) is 3.76. The first-order valence-corrected chi connectivity index (χ1v) is 3.09. The second-order valence-corrected chi connectivity index (χ2v) is 1.89. The Hall–Kier alpha value is -0.790. The van der Waals surface area contributed by atoms with Gasteiger partial charge < -0.3 is 5.32 Å². The lowest BCUT2D eigenvalue weighted by molar-refractivity contribution is -0.115. The largest absolute Gasteiger partial charge is 0.394 e. The fourth-order valence-electron chi connectivity index (χ4n) is 0.576. The highest BCUT2D eigenvalue weighted by Gasteiger charge is 1.97. The Bertz CT molecular complexity index is 127. The van der Waals surface area contributed by atoms with Crippen molar-refractivity contribution in [1.29, 1.82) is 0 Å². The summed E-state index contributed by atoms with van der Waals surface area (Å²) in [6, 6.07) is 0. The summed E-state index contributed by atoms with van der Waals surface area (Å²) in [4.78, 5) is 10.8. The summed E-state index contributed by atoms with van der Waals surface area (Å²) in [7, 11) is 1.78. The highest BCUT2D eigenvalue weighted by molar-refractivity contribution is 5.94. The summed E-state index contributed by atoms with van der Waals surface area (Å²) in [6.45, 7) is 3.66. The Morgan fingerprint density at radius 2 is 2.22 bits per heavy atom. The second-order valence-electron chi connectivity index (χ2n) is 1.89. The van der Waals surface area contributed by atoms with Gasteiger partial charge in [0.25, 0.3) is 0 Å². The highest BCUT2D eigenvalue weighted by Crippen LogP contribution is 1.94. The van der Waals surface area contributed by atoms with Gasteiger partial charge in [0.15, 0.2) is 5.78 Å². The van der Waals surface area contributed by atoms with Gasteiger partial charge in [-0.3, -0.25) is 4.79 Å². The highest BCUT2D eigenvalue weighted by atomic mass is 16.1. The van der Waals surface area contributed by atoms with Crippen LogP contribution in [-0.4, -0.2) is 12.8 Å². The molecule has 2 nitrogen and oxygen atoms in total. The van der Waals surface area contributed by atoms with Crippen molar-refractivity contribution >= 4 is 5.78 Å². The molecule has 0 rings (SSSR count). The van der Waals surface area contributed by atoms with Gasteiger partial charge in [0.05, 0.1) is 0 Å². The van der Waals surface area contributed by atoms with Crippen molar-refractivity contribution in [3.63, 3.8) is 0 Å². The Morgan fingerprint density at radius 1 is 1.67 bits per heavy atom. The topological polar surface area (TPSA) is 29.1 Å². The molecule has 0 fully saturated rings. The molecule has 0 aliphatic rings. The molecule has 2 heteroatoms. The van der Waals surface area contributed by atoms with E-state index in [1.807, 2.05) is 13.8 Å². The molecule has 0 saturated heterocycles. The molecule has 1 N–H and O–H groups in total. The van der Waals surface area contributed by atoms with E-state index >= 15 is 0 Å². The number of hydrogen-bond donors (Lipinski definition) is 1. The molecule has 0 aromatic heterocycles. The predicted molar refractivity (Wildman–Crippen MR) is 38.1 cm³/mol. The van der Waals surface area contributed by atoms with E-state index in [9.17, 15) is 4.79 Å². The van der Waals surface area contributed by atoms with Crippen LogP contribution in [0.3, 0.4) is 0 Å². The third kappa shape index (κ3) is 2.90. The van der Waals surface area contributed by atoms with Crippen molar-refractivity contribution in [3.8, 4) is 0 Å². The lowest BCUT2D eigenvalue weighted by atomic mass is 10.2. The van der Waals surface area contributed by atoms with Gasteiger partial charge in [-0.25, -0.2) is 0 Å². The Balaban J connectivity index is 3.86. The van der Waals surface area contributed by atoms with Crippen LogP contribution in [0.5, 0.6) is 0 Å². The number of hydrogen-bond acceptors (Lipinski definition) is 2. The van der Waals surface area contributed by atoms with Crippen LogP contribution in [-0.2, 0) is 4.79 Å². The number of carbonyl (C=O) groups is 1. The lowest BCUT2D eigenvalue weighted by Crippen LogP contribution is -2.02. The molecule has 0 amide bonds. The zero-order chi connectivity index (χ0) is 7.28. The predicted octanol–water partition coefficient (Wildman–Crippen LogP) is 1.09. The van der Waals surface area contributed by atoms with Crippen LogP contribution >= 0.6 is 0 Å². The van der Waals surface area contributed by atoms with Crippen molar-refractivity contribution in [1.82, 2.24) is 5.32 Å². The van der Waals surface area contributed by atoms with Gasteiger partial charge in [-0.05, 0) is 6.92 Å². The molecule has 0 radical (unpaired) electrons. The van der Waals surface area contributed by atoms with E-state index in [1.165, 1.54) is 0 Å². The Morgan fingerprint density at radius 3 is 2.56 bits per heavy atom. The molecule has 0 atom stereocenters. The molecule has 0 unspecified atom stereocenters. The van der Waals surface area contributed by atoms with E-state index in [-0.39, 0.29) is 5.78 Å². The van der Waals surface area contributed by atoms with Crippen LogP contribution in [0.1, 0.15) is 20.3 Å². The van der Waals surface area contributed by atoms with Crippen molar-refractivity contribution in [2.75, 3.05) is 7.05 Å². The van der Waals surface area contributed by atoms with Gasteiger partial charge >= 0.3 is 0 Å². The second kappa shape index (κ2) is 4.13. The molecule has 9 heavy (non-hydrogen) atoms. The first-order chi connectivity index (χ1) is 4.22. The average Bonchev–Trinajstić information content (AvgIpc) is 1.87. The Labute approximate surface area is 56.0 Å². The first-order valence-electron chi connectivity index (χ1n) is 3.09. The van der Waals surface area contributed by atoms with Gasteiger partial charge in [0, 0.05) is 25.2 Å². The number of carbonyl (C=O) groups excluding carboxylic acids is 1. The van der Waals surface area contributed by atoms with E-state index in [2.05, 4.69) is 5.32 Å². The van der Waals surface area contributed by atoms with E-state index in [4.69, 9.17) is 0 Å². The molecule has 0 aliphatic carbocycles. The number of ketones is 1. The minimum Gasteiger partial charge on any atom is -0.394 e. The van der Waals surface area contributed by atoms with E-state index < -0.39 is 0 Å². The van der Waals surface area contributed by atoms with Crippen LogP contribution in [0.25, 0.3) is 0 Å². The smallest absolute Gasteiger partial charge is 0.159 e. The number of allylic oxidation sites excluding steroid dienone is 1. The molecule has 52 valence electrons. The maximum Gasteiger partial charge on any atom is 0.159 e. The first kappa shape index (κ1) is 8.21. The van der Waals surface area contributed by atoms with Crippen molar-refractivity contribution in [3.05, 3.63) is 11.8 Å². The number of rotatable bonds is 3. The van der Waals surface area contributed by atoms with Gasteiger partial charge in [0.2, 0.25) is 0 Å². The molecule has 0 spiro atoms. The van der Waals surface area contributed by atoms with Crippen molar-refractivity contribution < 1.29 is 4.79 Å². The summed E-state index contributed by atoms with van der Waals surface area (Å²) in [5.74, 6) is 0.198. The maximum atomic E-state index is 10.8. The fourth-order valence-corrected chi connectivity index (χ4v) is 0.576.